The third-order valence-electron chi connectivity index (χ3n) is 15.6. The second-order valence-electron chi connectivity index (χ2n) is 23.4. The zero-order valence-corrected chi connectivity index (χ0v) is 49.0. The zero-order valence-electron chi connectivity index (χ0n) is 49.0. The summed E-state index contributed by atoms with van der Waals surface area (Å²) >= 11 is 0. The Hall–Kier alpha value is -1.59. The molecule has 6 heteroatoms. The van der Waals surface area contributed by atoms with Gasteiger partial charge in [-0.15, -0.1) is 0 Å². The van der Waals surface area contributed by atoms with Gasteiger partial charge in [0, 0.05) is 19.3 Å². The van der Waals surface area contributed by atoms with Gasteiger partial charge >= 0.3 is 17.9 Å². The fraction of sp³-hybridized carbons (Fsp3) is 0.954. The molecule has 422 valence electrons. The van der Waals surface area contributed by atoms with Gasteiger partial charge in [0.2, 0.25) is 0 Å². The average molecular weight is 1000 g/mol. The molecule has 0 aromatic heterocycles. The molecule has 0 radical (unpaired) electrons. The molecule has 0 bridgehead atoms. The van der Waals surface area contributed by atoms with Crippen molar-refractivity contribution in [2.75, 3.05) is 13.2 Å². The maximum atomic E-state index is 12.9. The number of rotatable bonds is 58. The molecule has 0 heterocycles. The van der Waals surface area contributed by atoms with Gasteiger partial charge in [-0.25, -0.2) is 0 Å². The van der Waals surface area contributed by atoms with Crippen LogP contribution >= 0.6 is 0 Å². The molecule has 6 nitrogen and oxygen atoms in total. The first-order chi connectivity index (χ1) is 34.7. The quantitative estimate of drug-likeness (QED) is 0.0343. The van der Waals surface area contributed by atoms with Crippen molar-refractivity contribution >= 4 is 17.9 Å². The lowest BCUT2D eigenvalue weighted by atomic mass is 9.99. The Morgan fingerprint density at radius 3 is 0.732 bits per heavy atom. The highest BCUT2D eigenvalue weighted by molar-refractivity contribution is 5.71. The highest BCUT2D eigenvalue weighted by Crippen LogP contribution is 2.20. The molecule has 0 amide bonds. The van der Waals surface area contributed by atoms with Crippen molar-refractivity contribution in [2.24, 2.45) is 17.8 Å². The van der Waals surface area contributed by atoms with E-state index in [9.17, 15) is 14.4 Å². The minimum atomic E-state index is -0.765. The molecule has 0 aliphatic heterocycles. The summed E-state index contributed by atoms with van der Waals surface area (Å²) in [6, 6.07) is 0. The van der Waals surface area contributed by atoms with Gasteiger partial charge in [-0.2, -0.15) is 0 Å². The molecule has 2 unspecified atom stereocenters. The van der Waals surface area contributed by atoms with Crippen molar-refractivity contribution in [3.8, 4) is 0 Å². The maximum absolute atomic E-state index is 12.9. The summed E-state index contributed by atoms with van der Waals surface area (Å²) in [4.78, 5) is 38.3. The fourth-order valence-electron chi connectivity index (χ4n) is 10.00. The molecule has 0 aromatic carbocycles. The Bertz CT molecular complexity index is 1110. The summed E-state index contributed by atoms with van der Waals surface area (Å²) in [5.74, 6) is 1.80. The predicted molar refractivity (Wildman–Crippen MR) is 307 cm³/mol. The van der Waals surface area contributed by atoms with E-state index in [2.05, 4.69) is 41.5 Å². The first-order valence-corrected chi connectivity index (χ1v) is 32.2. The number of ether oxygens (including phenoxy) is 3. The van der Waals surface area contributed by atoms with Crippen LogP contribution in [0.25, 0.3) is 0 Å². The Labute approximate surface area is 444 Å². The van der Waals surface area contributed by atoms with Crippen molar-refractivity contribution in [2.45, 2.75) is 369 Å². The number of hydrogen-bond donors (Lipinski definition) is 0. The van der Waals surface area contributed by atoms with E-state index in [1.165, 1.54) is 244 Å². The highest BCUT2D eigenvalue weighted by Gasteiger charge is 2.19. The van der Waals surface area contributed by atoms with Crippen molar-refractivity contribution in [1.29, 1.82) is 0 Å². The molecule has 0 saturated carbocycles. The van der Waals surface area contributed by atoms with Gasteiger partial charge in [-0.1, -0.05) is 324 Å². The van der Waals surface area contributed by atoms with E-state index < -0.39 is 6.10 Å². The SMILES string of the molecule is CCC(C)CCCCCCCCCCCCCCCCC(=O)OC[C@@H](COC(=O)CCCCCCCCCCCCCCCCC(C)C)OC(=O)CCCCCCCCCCCCCCCCC(C)CC. The third-order valence-corrected chi connectivity index (χ3v) is 15.6. The van der Waals surface area contributed by atoms with Gasteiger partial charge in [0.1, 0.15) is 13.2 Å². The van der Waals surface area contributed by atoms with E-state index in [0.717, 1.165) is 75.5 Å². The molecule has 0 rings (SSSR count). The topological polar surface area (TPSA) is 78.9 Å². The number of esters is 3. The Morgan fingerprint density at radius 1 is 0.282 bits per heavy atom. The summed E-state index contributed by atoms with van der Waals surface area (Å²) in [6.07, 6.45) is 60.8. The Kier molecular flexibility index (Phi) is 54.9. The highest BCUT2D eigenvalue weighted by atomic mass is 16.6. The van der Waals surface area contributed by atoms with Crippen LogP contribution in [-0.2, 0) is 28.6 Å². The molecule has 0 spiro atoms. The number of unbranched alkanes of at least 4 members (excludes halogenated alkanes) is 39. The van der Waals surface area contributed by atoms with Crippen LogP contribution in [0.15, 0.2) is 0 Å². The van der Waals surface area contributed by atoms with Crippen molar-refractivity contribution in [1.82, 2.24) is 0 Å². The lowest BCUT2D eigenvalue weighted by Gasteiger charge is -2.18. The van der Waals surface area contributed by atoms with Gasteiger partial charge in [0.05, 0.1) is 0 Å². The molecule has 71 heavy (non-hydrogen) atoms. The van der Waals surface area contributed by atoms with Crippen LogP contribution < -0.4 is 0 Å². The first kappa shape index (κ1) is 69.4. The van der Waals surface area contributed by atoms with Gasteiger partial charge in [0.15, 0.2) is 6.10 Å². The minimum Gasteiger partial charge on any atom is -0.462 e. The van der Waals surface area contributed by atoms with E-state index in [1.54, 1.807) is 0 Å². The number of carbonyl (C=O) groups excluding carboxylic acids is 3. The van der Waals surface area contributed by atoms with Crippen LogP contribution in [0, 0.1) is 17.8 Å². The van der Waals surface area contributed by atoms with Crippen molar-refractivity contribution in [3.63, 3.8) is 0 Å². The maximum Gasteiger partial charge on any atom is 0.306 e. The summed E-state index contributed by atoms with van der Waals surface area (Å²) in [7, 11) is 0. The lowest BCUT2D eigenvalue weighted by Crippen LogP contribution is -2.30. The summed E-state index contributed by atoms with van der Waals surface area (Å²) in [5.41, 5.74) is 0. The summed E-state index contributed by atoms with van der Waals surface area (Å²) in [5, 5.41) is 0. The summed E-state index contributed by atoms with van der Waals surface area (Å²) in [6.45, 7) is 13.9. The van der Waals surface area contributed by atoms with Gasteiger partial charge < -0.3 is 14.2 Å². The van der Waals surface area contributed by atoms with E-state index in [1.807, 2.05) is 0 Å². The Morgan fingerprint density at radius 2 is 0.493 bits per heavy atom. The predicted octanol–water partition coefficient (Wildman–Crippen LogP) is 21.5. The largest absolute Gasteiger partial charge is 0.462 e. The van der Waals surface area contributed by atoms with Crippen LogP contribution in [0.3, 0.4) is 0 Å². The third kappa shape index (κ3) is 56.0. The van der Waals surface area contributed by atoms with Gasteiger partial charge in [0.25, 0.3) is 0 Å². The van der Waals surface area contributed by atoms with Gasteiger partial charge in [-0.3, -0.25) is 14.4 Å². The second kappa shape index (κ2) is 56.1. The monoisotopic (exact) mass is 1000 g/mol. The lowest BCUT2D eigenvalue weighted by molar-refractivity contribution is -0.167. The molecule has 3 atom stereocenters. The fourth-order valence-corrected chi connectivity index (χ4v) is 10.00. The van der Waals surface area contributed by atoms with Crippen LogP contribution in [-0.4, -0.2) is 37.2 Å². The molecule has 0 fully saturated rings. The van der Waals surface area contributed by atoms with Crippen LogP contribution in [0.1, 0.15) is 363 Å². The smallest absolute Gasteiger partial charge is 0.306 e. The molecular weight excluding hydrogens is 877 g/mol. The molecular formula is C65H126O6. The van der Waals surface area contributed by atoms with E-state index in [0.29, 0.717) is 19.3 Å². The van der Waals surface area contributed by atoms with E-state index in [-0.39, 0.29) is 31.1 Å². The number of hydrogen-bond acceptors (Lipinski definition) is 6. The molecule has 0 N–H and O–H groups in total. The molecule has 0 aliphatic rings. The molecule has 0 saturated heterocycles. The normalized spacial score (nSPS) is 12.9. The zero-order chi connectivity index (χ0) is 51.9. The minimum absolute atomic E-state index is 0.0626. The van der Waals surface area contributed by atoms with E-state index >= 15 is 0 Å². The van der Waals surface area contributed by atoms with Crippen LogP contribution in [0.5, 0.6) is 0 Å². The Balaban J connectivity index is 4.31. The van der Waals surface area contributed by atoms with Crippen molar-refractivity contribution < 1.29 is 28.6 Å². The second-order valence-corrected chi connectivity index (χ2v) is 23.4. The van der Waals surface area contributed by atoms with Crippen LogP contribution in [0.4, 0.5) is 0 Å². The molecule has 0 aliphatic carbocycles. The van der Waals surface area contributed by atoms with Crippen LogP contribution in [0.2, 0.25) is 0 Å². The number of carbonyl (C=O) groups is 3. The average Bonchev–Trinajstić information content (AvgIpc) is 3.36. The standard InChI is InChI=1S/C65H126O6/c1-7-60(5)52-46-40-34-28-22-16-10-13-19-25-31-37-43-49-55-64(67)70-58-62(57-69-63(66)54-48-42-36-30-24-18-12-9-15-21-27-33-39-45-51-59(3)4)71-65(68)56-50-44-38-32-26-20-14-11-17-23-29-35-41-47-53-61(6)8-2/h59-62H,7-58H2,1-6H3/t60?,61?,62-/m1/s1. The van der Waals surface area contributed by atoms with E-state index in [4.69, 9.17) is 14.2 Å². The summed E-state index contributed by atoms with van der Waals surface area (Å²) < 4.78 is 17.0. The molecule has 0 aromatic rings. The first-order valence-electron chi connectivity index (χ1n) is 32.2. The van der Waals surface area contributed by atoms with Gasteiger partial charge in [-0.05, 0) is 37.0 Å². The van der Waals surface area contributed by atoms with Crippen molar-refractivity contribution in [3.05, 3.63) is 0 Å².